The molecule has 2 aromatic carbocycles. The number of β-amino-alcohol motifs (C(OH)–C–C–N with tert-alkyl or cyclic N) is 1. The van der Waals surface area contributed by atoms with E-state index in [1.807, 2.05) is 18.2 Å². The number of hydrogen-bond donors (Lipinski definition) is 1. The molecule has 0 saturated carbocycles. The highest BCUT2D eigenvalue weighted by Gasteiger charge is 2.30. The smallest absolute Gasteiger partial charge is 0.254 e. The molecule has 3 aliphatic heterocycles. The fourth-order valence-electron chi connectivity index (χ4n) is 4.77. The largest absolute Gasteiger partial charge is 0.390 e. The third-order valence-electron chi connectivity index (χ3n) is 6.53. The lowest BCUT2D eigenvalue weighted by molar-refractivity contribution is -0.122. The zero-order chi connectivity index (χ0) is 20.7. The van der Waals surface area contributed by atoms with E-state index in [1.165, 1.54) is 11.1 Å². The van der Waals surface area contributed by atoms with Crippen molar-refractivity contribution in [1.29, 1.82) is 0 Å². The second kappa shape index (κ2) is 7.85. The molecule has 3 aliphatic rings. The molecular formula is C24H27N3O3. The Hall–Kier alpha value is -2.70. The zero-order valence-electron chi connectivity index (χ0n) is 17.1. The molecule has 0 spiro atoms. The van der Waals surface area contributed by atoms with Gasteiger partial charge in [-0.1, -0.05) is 24.3 Å². The van der Waals surface area contributed by atoms with E-state index >= 15 is 0 Å². The molecule has 6 nitrogen and oxygen atoms in total. The van der Waals surface area contributed by atoms with Crippen LogP contribution < -0.4 is 4.90 Å². The van der Waals surface area contributed by atoms with Crippen LogP contribution in [0.4, 0.5) is 5.69 Å². The summed E-state index contributed by atoms with van der Waals surface area (Å²) in [5.74, 6) is 0.114. The standard InChI is InChI=1S/C24H27N3O3/c28-21(15-25-10-7-17-3-1-2-4-19(17)14-25)16-26-11-8-18-13-20(27-12-9-23(27)29)5-6-22(18)24(26)30/h1-6,13,21,28H,7-12,14-16H2. The minimum atomic E-state index is -0.571. The van der Waals surface area contributed by atoms with Crippen molar-refractivity contribution in [2.75, 3.05) is 37.6 Å². The van der Waals surface area contributed by atoms with Gasteiger partial charge in [0.1, 0.15) is 0 Å². The Labute approximate surface area is 176 Å². The van der Waals surface area contributed by atoms with Crippen LogP contribution >= 0.6 is 0 Å². The van der Waals surface area contributed by atoms with Crippen molar-refractivity contribution in [3.63, 3.8) is 0 Å². The van der Waals surface area contributed by atoms with Gasteiger partial charge in [-0.25, -0.2) is 0 Å². The first-order chi connectivity index (χ1) is 14.6. The highest BCUT2D eigenvalue weighted by atomic mass is 16.3. The Kier molecular flexibility index (Phi) is 5.05. The lowest BCUT2D eigenvalue weighted by Crippen LogP contribution is -2.46. The maximum atomic E-state index is 13.0. The number of nitrogens with zero attached hydrogens (tertiary/aromatic N) is 3. The number of rotatable bonds is 5. The number of aliphatic hydroxyl groups is 1. The van der Waals surface area contributed by atoms with Gasteiger partial charge in [0.2, 0.25) is 5.91 Å². The van der Waals surface area contributed by atoms with Crippen LogP contribution in [0.5, 0.6) is 0 Å². The van der Waals surface area contributed by atoms with Crippen LogP contribution in [0.25, 0.3) is 0 Å². The van der Waals surface area contributed by atoms with Gasteiger partial charge in [-0.3, -0.25) is 14.5 Å². The van der Waals surface area contributed by atoms with Crippen LogP contribution in [0.3, 0.4) is 0 Å². The number of carbonyl (C=O) groups excluding carboxylic acids is 2. The maximum absolute atomic E-state index is 13.0. The molecule has 5 rings (SSSR count). The van der Waals surface area contributed by atoms with Gasteiger partial charge in [-0.2, -0.15) is 0 Å². The summed E-state index contributed by atoms with van der Waals surface area (Å²) in [7, 11) is 0. The lowest BCUT2D eigenvalue weighted by Gasteiger charge is -2.35. The molecule has 1 atom stereocenters. The summed E-state index contributed by atoms with van der Waals surface area (Å²) in [6, 6.07) is 14.1. The Morgan fingerprint density at radius 2 is 1.67 bits per heavy atom. The minimum absolute atomic E-state index is 0.0271. The van der Waals surface area contributed by atoms with Crippen LogP contribution in [0.1, 0.15) is 33.5 Å². The van der Waals surface area contributed by atoms with Gasteiger partial charge >= 0.3 is 0 Å². The molecule has 1 unspecified atom stereocenters. The Balaban J connectivity index is 1.20. The molecule has 6 heteroatoms. The molecule has 1 fully saturated rings. The number of carbonyl (C=O) groups is 2. The fourth-order valence-corrected chi connectivity index (χ4v) is 4.77. The van der Waals surface area contributed by atoms with Crippen LogP contribution in [0.15, 0.2) is 42.5 Å². The topological polar surface area (TPSA) is 64.1 Å². The van der Waals surface area contributed by atoms with E-state index in [-0.39, 0.29) is 11.8 Å². The van der Waals surface area contributed by atoms with Crippen molar-refractivity contribution in [3.05, 3.63) is 64.7 Å². The fraction of sp³-hybridized carbons (Fsp3) is 0.417. The molecule has 1 saturated heterocycles. The normalized spacial score (nSPS) is 19.9. The van der Waals surface area contributed by atoms with Crippen LogP contribution in [-0.2, 0) is 24.2 Å². The van der Waals surface area contributed by atoms with E-state index in [0.29, 0.717) is 31.6 Å². The molecule has 0 aliphatic carbocycles. The second-order valence-electron chi connectivity index (χ2n) is 8.55. The molecule has 0 radical (unpaired) electrons. The quantitative estimate of drug-likeness (QED) is 0.771. The number of amides is 2. The van der Waals surface area contributed by atoms with E-state index in [0.717, 1.165) is 43.7 Å². The van der Waals surface area contributed by atoms with E-state index in [4.69, 9.17) is 0 Å². The van der Waals surface area contributed by atoms with Crippen LogP contribution in [-0.4, -0.2) is 65.5 Å². The lowest BCUT2D eigenvalue weighted by atomic mass is 9.96. The highest BCUT2D eigenvalue weighted by Crippen LogP contribution is 2.28. The van der Waals surface area contributed by atoms with Gasteiger partial charge in [-0.05, 0) is 47.7 Å². The van der Waals surface area contributed by atoms with Crippen molar-refractivity contribution in [3.8, 4) is 0 Å². The van der Waals surface area contributed by atoms with Crippen LogP contribution in [0, 0.1) is 0 Å². The van der Waals surface area contributed by atoms with Crippen molar-refractivity contribution in [2.24, 2.45) is 0 Å². The Bertz CT molecular complexity index is 989. The molecule has 2 amide bonds. The summed E-state index contributed by atoms with van der Waals surface area (Å²) in [5, 5.41) is 10.7. The third-order valence-corrected chi connectivity index (χ3v) is 6.53. The first kappa shape index (κ1) is 19.3. The summed E-state index contributed by atoms with van der Waals surface area (Å²) in [6.45, 7) is 4.06. The monoisotopic (exact) mass is 405 g/mol. The number of hydrogen-bond acceptors (Lipinski definition) is 4. The minimum Gasteiger partial charge on any atom is -0.390 e. The average molecular weight is 405 g/mol. The number of β-lactam (4-membered cyclic amide) rings is 1. The summed E-state index contributed by atoms with van der Waals surface area (Å²) in [6.07, 6.45) is 1.78. The van der Waals surface area contributed by atoms with Gasteiger partial charge in [0.15, 0.2) is 0 Å². The number of aliphatic hydroxyl groups excluding tert-OH is 1. The molecule has 0 bridgehead atoms. The summed E-state index contributed by atoms with van der Waals surface area (Å²) in [4.78, 5) is 30.4. The first-order valence-electron chi connectivity index (χ1n) is 10.8. The number of fused-ring (bicyclic) bond motifs is 2. The molecule has 156 valence electrons. The molecule has 3 heterocycles. The number of anilines is 1. The Morgan fingerprint density at radius 1 is 0.867 bits per heavy atom. The van der Waals surface area contributed by atoms with Crippen molar-refractivity contribution >= 4 is 17.5 Å². The summed E-state index contributed by atoms with van der Waals surface area (Å²) < 4.78 is 0. The predicted molar refractivity (Wildman–Crippen MR) is 114 cm³/mol. The summed E-state index contributed by atoms with van der Waals surface area (Å²) in [5.41, 5.74) is 5.30. The SMILES string of the molecule is O=C1c2ccc(N3CCC3=O)cc2CCN1CC(O)CN1CCc2ccccc2C1. The molecule has 2 aromatic rings. The Morgan fingerprint density at radius 3 is 2.43 bits per heavy atom. The maximum Gasteiger partial charge on any atom is 0.254 e. The summed E-state index contributed by atoms with van der Waals surface area (Å²) >= 11 is 0. The van der Waals surface area contributed by atoms with Crippen LogP contribution in [0.2, 0.25) is 0 Å². The van der Waals surface area contributed by atoms with Crippen molar-refractivity contribution in [1.82, 2.24) is 9.80 Å². The van der Waals surface area contributed by atoms with Gasteiger partial charge < -0.3 is 14.9 Å². The van der Waals surface area contributed by atoms with Gasteiger partial charge in [0, 0.05) is 56.9 Å². The average Bonchev–Trinajstić information content (AvgIpc) is 2.74. The highest BCUT2D eigenvalue weighted by molar-refractivity contribution is 6.01. The van der Waals surface area contributed by atoms with E-state index in [9.17, 15) is 14.7 Å². The van der Waals surface area contributed by atoms with Gasteiger partial charge in [-0.15, -0.1) is 0 Å². The van der Waals surface area contributed by atoms with E-state index < -0.39 is 6.10 Å². The van der Waals surface area contributed by atoms with E-state index in [1.54, 1.807) is 9.80 Å². The zero-order valence-corrected chi connectivity index (χ0v) is 17.1. The molecule has 1 N–H and O–H groups in total. The van der Waals surface area contributed by atoms with Gasteiger partial charge in [0.05, 0.1) is 6.10 Å². The second-order valence-corrected chi connectivity index (χ2v) is 8.55. The predicted octanol–water partition coefficient (Wildman–Crippen LogP) is 1.84. The van der Waals surface area contributed by atoms with Crippen molar-refractivity contribution in [2.45, 2.75) is 31.9 Å². The number of benzene rings is 2. The third kappa shape index (κ3) is 3.61. The first-order valence-corrected chi connectivity index (χ1v) is 10.8. The molecule has 0 aromatic heterocycles. The van der Waals surface area contributed by atoms with Gasteiger partial charge in [0.25, 0.3) is 5.91 Å². The van der Waals surface area contributed by atoms with Crippen molar-refractivity contribution < 1.29 is 14.7 Å². The molecular weight excluding hydrogens is 378 g/mol. The van der Waals surface area contributed by atoms with E-state index in [2.05, 4.69) is 29.2 Å². The molecule has 30 heavy (non-hydrogen) atoms.